The van der Waals surface area contributed by atoms with Crippen LogP contribution in [0.1, 0.15) is 57.4 Å². The van der Waals surface area contributed by atoms with Crippen molar-refractivity contribution >= 4 is 23.4 Å². The molecule has 1 aliphatic rings. The quantitative estimate of drug-likeness (QED) is 0.353. The fourth-order valence-electron chi connectivity index (χ4n) is 3.97. The lowest BCUT2D eigenvalue weighted by Gasteiger charge is -2.32. The third-order valence-electron chi connectivity index (χ3n) is 5.87. The number of hydrogen-bond acceptors (Lipinski definition) is 3. The maximum absolute atomic E-state index is 12.0. The van der Waals surface area contributed by atoms with E-state index in [4.69, 9.17) is 0 Å². The minimum Gasteiger partial charge on any atom is -0.326 e. The van der Waals surface area contributed by atoms with Gasteiger partial charge in [-0.05, 0) is 86.8 Å². The van der Waals surface area contributed by atoms with Gasteiger partial charge in [0.25, 0.3) is 0 Å². The lowest BCUT2D eigenvalue weighted by atomic mass is 9.89. The molecule has 1 saturated heterocycles. The number of thioether (sulfide) groups is 1. The maximum Gasteiger partial charge on any atom is 0.226 e. The third kappa shape index (κ3) is 7.48. The number of unbranched alkanes of at least 4 members (excludes halogenated alkanes) is 2. The van der Waals surface area contributed by atoms with Crippen LogP contribution in [0.25, 0.3) is 0 Å². The average Bonchev–Trinajstić information content (AvgIpc) is 2.77. The van der Waals surface area contributed by atoms with Crippen LogP contribution in [0.2, 0.25) is 0 Å². The Balaban J connectivity index is 1.32. The zero-order chi connectivity index (χ0) is 21.2. The number of rotatable bonds is 10. The maximum atomic E-state index is 12.0. The third-order valence-corrected chi connectivity index (χ3v) is 6.97. The number of carbonyl (C=O) groups excluding carboxylic acids is 1. The fraction of sp³-hybridized carbons (Fsp3) is 0.500. The molecule has 0 unspecified atom stereocenters. The molecule has 3 nitrogen and oxygen atoms in total. The Kier molecular flexibility index (Phi) is 9.28. The Bertz CT molecular complexity index is 770. The summed E-state index contributed by atoms with van der Waals surface area (Å²) >= 11 is 1.97. The molecular weight excluding hydrogens is 388 g/mol. The number of likely N-dealkylation sites (tertiary alicyclic amines) is 1. The van der Waals surface area contributed by atoms with Gasteiger partial charge in [0.05, 0.1) is 0 Å². The van der Waals surface area contributed by atoms with Crippen LogP contribution in [0.4, 0.5) is 5.69 Å². The summed E-state index contributed by atoms with van der Waals surface area (Å²) < 4.78 is 0. The predicted molar refractivity (Wildman–Crippen MR) is 129 cm³/mol. The molecule has 3 rings (SSSR count). The molecule has 0 aliphatic carbocycles. The Labute approximate surface area is 186 Å². The number of hydrogen-bond donors (Lipinski definition) is 1. The van der Waals surface area contributed by atoms with E-state index in [1.807, 2.05) is 31.7 Å². The Morgan fingerprint density at radius 2 is 1.80 bits per heavy atom. The highest BCUT2D eigenvalue weighted by Gasteiger charge is 2.20. The highest BCUT2D eigenvalue weighted by Crippen LogP contribution is 2.30. The summed E-state index contributed by atoms with van der Waals surface area (Å²) in [4.78, 5) is 16.0. The number of nitrogens with one attached hydrogen (secondary N) is 1. The Morgan fingerprint density at radius 1 is 1.03 bits per heavy atom. The van der Waals surface area contributed by atoms with Crippen molar-refractivity contribution in [3.8, 4) is 0 Å². The van der Waals surface area contributed by atoms with Crippen molar-refractivity contribution in [1.82, 2.24) is 4.90 Å². The van der Waals surface area contributed by atoms with Crippen LogP contribution in [0, 0.1) is 5.92 Å². The van der Waals surface area contributed by atoms with Crippen LogP contribution in [0.15, 0.2) is 59.5 Å². The zero-order valence-corrected chi connectivity index (χ0v) is 19.3. The van der Waals surface area contributed by atoms with E-state index in [1.165, 1.54) is 68.0 Å². The molecule has 0 bridgehead atoms. The average molecular weight is 425 g/mol. The van der Waals surface area contributed by atoms with Gasteiger partial charge in [-0.25, -0.2) is 0 Å². The summed E-state index contributed by atoms with van der Waals surface area (Å²) in [6.45, 7) is 7.46. The second-order valence-corrected chi connectivity index (χ2v) is 9.78. The molecular formula is C26H36N2OS. The van der Waals surface area contributed by atoms with Crippen LogP contribution in [-0.4, -0.2) is 36.2 Å². The smallest absolute Gasteiger partial charge is 0.226 e. The van der Waals surface area contributed by atoms with Gasteiger partial charge in [0, 0.05) is 16.5 Å². The van der Waals surface area contributed by atoms with Crippen molar-refractivity contribution in [2.75, 3.05) is 30.7 Å². The van der Waals surface area contributed by atoms with Crippen LogP contribution in [-0.2, 0) is 4.79 Å². The van der Waals surface area contributed by atoms with E-state index in [0.717, 1.165) is 5.69 Å². The molecule has 0 saturated carbocycles. The van der Waals surface area contributed by atoms with Gasteiger partial charge in [0.2, 0.25) is 5.91 Å². The molecule has 1 heterocycles. The summed E-state index contributed by atoms with van der Waals surface area (Å²) in [5.74, 6) is 1.92. The van der Waals surface area contributed by atoms with E-state index in [2.05, 4.69) is 58.7 Å². The first-order valence-electron chi connectivity index (χ1n) is 11.4. The number of nitrogens with zero attached hydrogens (tertiary/aromatic N) is 1. The lowest BCUT2D eigenvalue weighted by molar-refractivity contribution is -0.118. The largest absolute Gasteiger partial charge is 0.326 e. The SMILES string of the molecule is CC(C)C(=O)Nc1cccc(C2CCN(CCCCCSc3ccccc3)CC2)c1. The van der Waals surface area contributed by atoms with E-state index in [1.54, 1.807) is 0 Å². The van der Waals surface area contributed by atoms with E-state index in [0.29, 0.717) is 5.92 Å². The second kappa shape index (κ2) is 12.2. The molecule has 0 radical (unpaired) electrons. The van der Waals surface area contributed by atoms with Crippen molar-refractivity contribution in [3.63, 3.8) is 0 Å². The first kappa shape index (κ1) is 22.9. The Hall–Kier alpha value is -1.78. The van der Waals surface area contributed by atoms with E-state index in [9.17, 15) is 4.79 Å². The van der Waals surface area contributed by atoms with Gasteiger partial charge in [-0.3, -0.25) is 4.79 Å². The standard InChI is InChI=1S/C26H36N2OS/c1-21(2)26(29)27-24-11-9-10-23(20-24)22-14-17-28(18-15-22)16-7-4-8-19-30-25-12-5-3-6-13-25/h3,5-6,9-13,20-22H,4,7-8,14-19H2,1-2H3,(H,27,29). The van der Waals surface area contributed by atoms with Gasteiger partial charge in [-0.15, -0.1) is 11.8 Å². The number of amides is 1. The van der Waals surface area contributed by atoms with Crippen molar-refractivity contribution < 1.29 is 4.79 Å². The van der Waals surface area contributed by atoms with Crippen LogP contribution >= 0.6 is 11.8 Å². The molecule has 2 aromatic carbocycles. The fourth-order valence-corrected chi connectivity index (χ4v) is 4.90. The molecule has 2 aromatic rings. The summed E-state index contributed by atoms with van der Waals surface area (Å²) in [5, 5.41) is 3.03. The summed E-state index contributed by atoms with van der Waals surface area (Å²) in [6.07, 6.45) is 6.34. The van der Waals surface area contributed by atoms with Crippen molar-refractivity contribution in [2.45, 2.75) is 56.8 Å². The van der Waals surface area contributed by atoms with E-state index < -0.39 is 0 Å². The molecule has 1 amide bonds. The minimum atomic E-state index is 0.00817. The number of anilines is 1. The molecule has 30 heavy (non-hydrogen) atoms. The highest BCUT2D eigenvalue weighted by atomic mass is 32.2. The molecule has 1 aliphatic heterocycles. The second-order valence-electron chi connectivity index (χ2n) is 8.61. The minimum absolute atomic E-state index is 0.00817. The van der Waals surface area contributed by atoms with E-state index >= 15 is 0 Å². The van der Waals surface area contributed by atoms with Gasteiger partial charge in [-0.2, -0.15) is 0 Å². The molecule has 4 heteroatoms. The van der Waals surface area contributed by atoms with Gasteiger partial charge in [-0.1, -0.05) is 50.6 Å². The summed E-state index contributed by atoms with van der Waals surface area (Å²) in [7, 11) is 0. The first-order valence-corrected chi connectivity index (χ1v) is 12.4. The van der Waals surface area contributed by atoms with Gasteiger partial charge < -0.3 is 10.2 Å². The van der Waals surface area contributed by atoms with Crippen molar-refractivity contribution in [3.05, 3.63) is 60.2 Å². The number of benzene rings is 2. The zero-order valence-electron chi connectivity index (χ0n) is 18.5. The van der Waals surface area contributed by atoms with Crippen molar-refractivity contribution in [1.29, 1.82) is 0 Å². The van der Waals surface area contributed by atoms with Crippen LogP contribution < -0.4 is 5.32 Å². The topological polar surface area (TPSA) is 32.3 Å². The van der Waals surface area contributed by atoms with Gasteiger partial charge >= 0.3 is 0 Å². The van der Waals surface area contributed by atoms with Gasteiger partial charge in [0.15, 0.2) is 0 Å². The normalized spacial score (nSPS) is 15.4. The van der Waals surface area contributed by atoms with E-state index in [-0.39, 0.29) is 11.8 Å². The summed E-state index contributed by atoms with van der Waals surface area (Å²) in [5.41, 5.74) is 2.30. The molecule has 1 fully saturated rings. The monoisotopic (exact) mass is 424 g/mol. The highest BCUT2D eigenvalue weighted by molar-refractivity contribution is 7.99. The van der Waals surface area contributed by atoms with Crippen LogP contribution in [0.5, 0.6) is 0 Å². The first-order chi connectivity index (χ1) is 14.6. The molecule has 162 valence electrons. The number of carbonyl (C=O) groups is 1. The molecule has 0 aromatic heterocycles. The molecule has 1 N–H and O–H groups in total. The molecule has 0 atom stereocenters. The number of piperidine rings is 1. The lowest BCUT2D eigenvalue weighted by Crippen LogP contribution is -2.33. The summed E-state index contributed by atoms with van der Waals surface area (Å²) in [6, 6.07) is 19.2. The molecule has 0 spiro atoms. The van der Waals surface area contributed by atoms with Crippen LogP contribution in [0.3, 0.4) is 0 Å². The predicted octanol–water partition coefficient (Wildman–Crippen LogP) is 6.42. The Morgan fingerprint density at radius 3 is 2.53 bits per heavy atom. The van der Waals surface area contributed by atoms with Gasteiger partial charge in [0.1, 0.15) is 0 Å². The van der Waals surface area contributed by atoms with Crippen molar-refractivity contribution in [2.24, 2.45) is 5.92 Å².